The molecule has 1 aromatic heterocycles. The summed E-state index contributed by atoms with van der Waals surface area (Å²) < 4.78 is 37.1. The van der Waals surface area contributed by atoms with Gasteiger partial charge in [0.25, 0.3) is 5.91 Å². The maximum Gasteiger partial charge on any atom is 0.320 e. The molecule has 5 N–H and O–H groups in total. The number of hydrogen-bond acceptors (Lipinski definition) is 7. The summed E-state index contributed by atoms with van der Waals surface area (Å²) in [6, 6.07) is 1.47. The Bertz CT molecular complexity index is 991. The Morgan fingerprint density at radius 1 is 1.28 bits per heavy atom. The standard InChI is InChI=1S/C19H23F2N5O5S/c1-9-4-12(20)11(13(21)5-9)8-31-17-15(16(22)29)18(32-25-17)24-19(30)23-7-10(27)6-14(28)26(2)3/h4-5,10,27H,6-8H2,1-3H3,(H2,22,29)(H2,23,24,30). The predicted molar refractivity (Wildman–Crippen MR) is 112 cm³/mol. The van der Waals surface area contributed by atoms with E-state index in [9.17, 15) is 28.3 Å². The van der Waals surface area contributed by atoms with Gasteiger partial charge in [0.15, 0.2) is 0 Å². The Balaban J connectivity index is 2.03. The molecule has 0 aliphatic carbocycles. The van der Waals surface area contributed by atoms with Crippen molar-refractivity contribution in [2.75, 3.05) is 26.0 Å². The molecule has 1 atom stereocenters. The Morgan fingerprint density at radius 2 is 1.91 bits per heavy atom. The van der Waals surface area contributed by atoms with E-state index in [-0.39, 0.29) is 40.9 Å². The summed E-state index contributed by atoms with van der Waals surface area (Å²) in [6.45, 7) is 0.746. The smallest absolute Gasteiger partial charge is 0.320 e. The number of halogens is 2. The molecule has 10 nitrogen and oxygen atoms in total. The zero-order chi connectivity index (χ0) is 24.0. The van der Waals surface area contributed by atoms with Crippen molar-refractivity contribution >= 4 is 34.4 Å². The van der Waals surface area contributed by atoms with Crippen LogP contribution in [0.25, 0.3) is 0 Å². The minimum Gasteiger partial charge on any atom is -0.471 e. The van der Waals surface area contributed by atoms with Crippen LogP contribution in [-0.4, -0.2) is 59.0 Å². The van der Waals surface area contributed by atoms with Crippen LogP contribution in [0.5, 0.6) is 5.88 Å². The van der Waals surface area contributed by atoms with Crippen LogP contribution in [0.1, 0.15) is 27.9 Å². The molecule has 1 unspecified atom stereocenters. The van der Waals surface area contributed by atoms with E-state index in [1.165, 1.54) is 25.9 Å². The summed E-state index contributed by atoms with van der Waals surface area (Å²) in [6.07, 6.45) is -1.31. The number of aromatic nitrogens is 1. The van der Waals surface area contributed by atoms with Gasteiger partial charge in [0, 0.05) is 20.6 Å². The summed E-state index contributed by atoms with van der Waals surface area (Å²) in [5.41, 5.74) is 5.10. The number of anilines is 1. The molecule has 0 aliphatic heterocycles. The van der Waals surface area contributed by atoms with Gasteiger partial charge in [-0.2, -0.15) is 4.37 Å². The van der Waals surface area contributed by atoms with E-state index < -0.39 is 36.3 Å². The van der Waals surface area contributed by atoms with Crippen LogP contribution in [0, 0.1) is 18.6 Å². The molecule has 0 spiro atoms. The fourth-order valence-electron chi connectivity index (χ4n) is 2.50. The number of nitrogens with two attached hydrogens (primary N) is 1. The first-order chi connectivity index (χ1) is 15.0. The van der Waals surface area contributed by atoms with Crippen molar-refractivity contribution in [3.05, 3.63) is 40.5 Å². The van der Waals surface area contributed by atoms with Crippen molar-refractivity contribution in [2.24, 2.45) is 5.73 Å². The lowest BCUT2D eigenvalue weighted by atomic mass is 10.1. The number of nitrogens with one attached hydrogen (secondary N) is 2. The quantitative estimate of drug-likeness (QED) is 0.434. The van der Waals surface area contributed by atoms with E-state index in [2.05, 4.69) is 15.0 Å². The number of urea groups is 1. The number of ether oxygens (including phenoxy) is 1. The van der Waals surface area contributed by atoms with Crippen LogP contribution < -0.4 is 21.1 Å². The van der Waals surface area contributed by atoms with Crippen molar-refractivity contribution < 1.29 is 33.0 Å². The number of aliphatic hydroxyl groups is 1. The monoisotopic (exact) mass is 471 g/mol. The maximum atomic E-state index is 14.0. The number of carbonyl (C=O) groups is 3. The molecule has 0 aliphatic rings. The zero-order valence-electron chi connectivity index (χ0n) is 17.6. The molecular formula is C19H23F2N5O5S. The van der Waals surface area contributed by atoms with E-state index in [0.717, 1.165) is 12.1 Å². The number of rotatable bonds is 9. The van der Waals surface area contributed by atoms with E-state index in [1.807, 2.05) is 0 Å². The highest BCUT2D eigenvalue weighted by Crippen LogP contribution is 2.31. The molecule has 174 valence electrons. The molecule has 0 saturated carbocycles. The molecule has 2 rings (SSSR count). The summed E-state index contributed by atoms with van der Waals surface area (Å²) in [5.74, 6) is -3.23. The molecule has 0 fully saturated rings. The molecule has 2 aromatic rings. The number of primary amides is 1. The lowest BCUT2D eigenvalue weighted by molar-refractivity contribution is -0.130. The van der Waals surface area contributed by atoms with Crippen LogP contribution >= 0.6 is 11.5 Å². The normalized spacial score (nSPS) is 11.6. The van der Waals surface area contributed by atoms with Gasteiger partial charge in [0.2, 0.25) is 11.8 Å². The molecule has 1 aromatic carbocycles. The Hall–Kier alpha value is -3.32. The molecule has 0 bridgehead atoms. The number of aryl methyl sites for hydroxylation is 1. The van der Waals surface area contributed by atoms with E-state index in [4.69, 9.17) is 10.5 Å². The molecule has 4 amide bonds. The summed E-state index contributed by atoms with van der Waals surface area (Å²) in [7, 11) is 3.07. The minimum atomic E-state index is -1.12. The Morgan fingerprint density at radius 3 is 2.47 bits per heavy atom. The van der Waals surface area contributed by atoms with E-state index in [1.54, 1.807) is 0 Å². The predicted octanol–water partition coefficient (Wildman–Crippen LogP) is 1.37. The minimum absolute atomic E-state index is 0.0614. The zero-order valence-corrected chi connectivity index (χ0v) is 18.4. The number of aliphatic hydroxyl groups excluding tert-OH is 1. The number of hydrogen-bond donors (Lipinski definition) is 4. The van der Waals surface area contributed by atoms with Crippen molar-refractivity contribution in [3.8, 4) is 5.88 Å². The first-order valence-electron chi connectivity index (χ1n) is 9.29. The number of nitrogens with zero attached hydrogens (tertiary/aromatic N) is 2. The summed E-state index contributed by atoms with van der Waals surface area (Å²) in [5, 5.41) is 14.4. The average Bonchev–Trinajstić information content (AvgIpc) is 3.08. The third-order valence-corrected chi connectivity index (χ3v) is 4.93. The molecule has 1 heterocycles. The van der Waals surface area contributed by atoms with Gasteiger partial charge in [-0.15, -0.1) is 0 Å². The highest BCUT2D eigenvalue weighted by atomic mass is 32.1. The highest BCUT2D eigenvalue weighted by molar-refractivity contribution is 7.11. The average molecular weight is 471 g/mol. The van der Waals surface area contributed by atoms with Crippen LogP contribution in [0.3, 0.4) is 0 Å². The van der Waals surface area contributed by atoms with Crippen LogP contribution in [0.15, 0.2) is 12.1 Å². The first kappa shape index (κ1) is 24.9. The molecule has 32 heavy (non-hydrogen) atoms. The highest BCUT2D eigenvalue weighted by Gasteiger charge is 2.23. The number of carbonyl (C=O) groups excluding carboxylic acids is 3. The third-order valence-electron chi connectivity index (χ3n) is 4.18. The van der Waals surface area contributed by atoms with Gasteiger partial charge in [0.05, 0.1) is 18.1 Å². The van der Waals surface area contributed by atoms with Gasteiger partial charge < -0.3 is 25.8 Å². The summed E-state index contributed by atoms with van der Waals surface area (Å²) in [4.78, 5) is 36.8. The van der Waals surface area contributed by atoms with Crippen molar-refractivity contribution in [2.45, 2.75) is 26.1 Å². The molecule has 13 heteroatoms. The second-order valence-electron chi connectivity index (χ2n) is 7.03. The van der Waals surface area contributed by atoms with Gasteiger partial charge >= 0.3 is 6.03 Å². The second-order valence-corrected chi connectivity index (χ2v) is 7.81. The first-order valence-corrected chi connectivity index (χ1v) is 10.1. The SMILES string of the molecule is Cc1cc(F)c(COc2nsc(NC(=O)NCC(O)CC(=O)N(C)C)c2C(N)=O)c(F)c1. The van der Waals surface area contributed by atoms with Crippen LogP contribution in [0.2, 0.25) is 0 Å². The van der Waals surface area contributed by atoms with Crippen LogP contribution in [0.4, 0.5) is 18.6 Å². The van der Waals surface area contributed by atoms with E-state index >= 15 is 0 Å². The largest absolute Gasteiger partial charge is 0.471 e. The number of benzene rings is 1. The topological polar surface area (TPSA) is 147 Å². The number of amides is 4. The lowest BCUT2D eigenvalue weighted by Crippen LogP contribution is -2.37. The van der Waals surface area contributed by atoms with Crippen molar-refractivity contribution in [1.82, 2.24) is 14.6 Å². The fraction of sp³-hybridized carbons (Fsp3) is 0.368. The van der Waals surface area contributed by atoms with Gasteiger partial charge in [-0.05, 0) is 36.2 Å². The fourth-order valence-corrected chi connectivity index (χ4v) is 3.23. The van der Waals surface area contributed by atoms with Gasteiger partial charge in [0.1, 0.15) is 28.8 Å². The van der Waals surface area contributed by atoms with Crippen molar-refractivity contribution in [3.63, 3.8) is 0 Å². The van der Waals surface area contributed by atoms with Gasteiger partial charge in [-0.1, -0.05) is 0 Å². The van der Waals surface area contributed by atoms with Gasteiger partial charge in [-0.3, -0.25) is 14.9 Å². The van der Waals surface area contributed by atoms with Crippen molar-refractivity contribution in [1.29, 1.82) is 0 Å². The Kier molecular flexibility index (Phi) is 8.43. The Labute approximate surface area is 186 Å². The summed E-state index contributed by atoms with van der Waals surface area (Å²) >= 11 is 0.669. The second kappa shape index (κ2) is 10.8. The molecule has 0 saturated heterocycles. The lowest BCUT2D eigenvalue weighted by Gasteiger charge is -2.15. The third kappa shape index (κ3) is 6.59. The van der Waals surface area contributed by atoms with Gasteiger partial charge in [-0.25, -0.2) is 13.6 Å². The maximum absolute atomic E-state index is 14.0. The molecular weight excluding hydrogens is 448 g/mol. The molecule has 0 radical (unpaired) electrons. The van der Waals surface area contributed by atoms with Crippen LogP contribution in [-0.2, 0) is 11.4 Å². The van der Waals surface area contributed by atoms with E-state index in [0.29, 0.717) is 17.1 Å².